The molecule has 0 aromatic heterocycles. The Morgan fingerprint density at radius 2 is 2.35 bits per heavy atom. The number of rotatable bonds is 6. The molecule has 0 amide bonds. The normalized spacial score (nSPS) is 12.1. The van der Waals surface area contributed by atoms with Crippen molar-refractivity contribution in [3.63, 3.8) is 0 Å². The molecule has 1 atom stereocenters. The van der Waals surface area contributed by atoms with E-state index < -0.39 is 0 Å². The highest BCUT2D eigenvalue weighted by Gasteiger charge is 2.07. The summed E-state index contributed by atoms with van der Waals surface area (Å²) in [5, 5.41) is 3.50. The third-order valence-electron chi connectivity index (χ3n) is 2.33. The van der Waals surface area contributed by atoms with Crippen molar-refractivity contribution in [2.75, 3.05) is 18.1 Å². The molecule has 0 aliphatic rings. The average molecular weight is 272 g/mol. The van der Waals surface area contributed by atoms with E-state index in [0.29, 0.717) is 0 Å². The van der Waals surface area contributed by atoms with Crippen molar-refractivity contribution < 1.29 is 4.39 Å². The first-order valence-electron chi connectivity index (χ1n) is 5.34. The molecule has 0 spiro atoms. The van der Waals surface area contributed by atoms with Crippen LogP contribution in [0.3, 0.4) is 0 Å². The summed E-state index contributed by atoms with van der Waals surface area (Å²) in [7, 11) is 0. The van der Waals surface area contributed by atoms with Crippen LogP contribution in [0.5, 0.6) is 0 Å². The summed E-state index contributed by atoms with van der Waals surface area (Å²) in [6, 6.07) is 4.94. The van der Waals surface area contributed by atoms with Gasteiger partial charge in [0.1, 0.15) is 5.82 Å². The van der Waals surface area contributed by atoms with E-state index in [1.54, 1.807) is 23.9 Å². The molecule has 0 radical (unpaired) electrons. The van der Waals surface area contributed by atoms with Gasteiger partial charge in [-0.05, 0) is 24.6 Å². The highest BCUT2D eigenvalue weighted by atomic mass is 35.5. The van der Waals surface area contributed by atoms with Crippen LogP contribution >= 0.6 is 23.4 Å². The fourth-order valence-electron chi connectivity index (χ4n) is 1.38. The molecule has 0 fully saturated rings. The number of benzene rings is 1. The zero-order valence-corrected chi connectivity index (χ0v) is 11.2. The van der Waals surface area contributed by atoms with Crippen molar-refractivity contribution in [1.29, 1.82) is 0 Å². The van der Waals surface area contributed by atoms with Crippen LogP contribution in [-0.2, 0) is 0 Å². The standard InChI is InChI=1S/C13H15ClFNS/c1-3-7-17-8-6-16-10(2)11-4-5-13(15)12(14)9-11/h1,4-5,9-10,16H,6-8H2,2H3. The zero-order valence-electron chi connectivity index (χ0n) is 9.67. The zero-order chi connectivity index (χ0) is 12.7. The molecule has 1 unspecified atom stereocenters. The summed E-state index contributed by atoms with van der Waals surface area (Å²) in [6.07, 6.45) is 5.15. The van der Waals surface area contributed by atoms with Crippen LogP contribution in [0.25, 0.3) is 0 Å². The van der Waals surface area contributed by atoms with Gasteiger partial charge in [-0.25, -0.2) is 4.39 Å². The van der Waals surface area contributed by atoms with Gasteiger partial charge in [0.15, 0.2) is 0 Å². The largest absolute Gasteiger partial charge is 0.309 e. The first-order chi connectivity index (χ1) is 8.15. The molecule has 1 nitrogen and oxygen atoms in total. The Balaban J connectivity index is 2.39. The Morgan fingerprint density at radius 3 is 3.00 bits per heavy atom. The lowest BCUT2D eigenvalue weighted by atomic mass is 10.1. The second-order valence-electron chi connectivity index (χ2n) is 3.61. The molecular formula is C13H15ClFNS. The van der Waals surface area contributed by atoms with Crippen LogP contribution in [0.2, 0.25) is 5.02 Å². The van der Waals surface area contributed by atoms with Crippen molar-refractivity contribution in [2.45, 2.75) is 13.0 Å². The van der Waals surface area contributed by atoms with Crippen molar-refractivity contribution in [2.24, 2.45) is 0 Å². The molecule has 0 aliphatic heterocycles. The maximum absolute atomic E-state index is 13.0. The van der Waals surface area contributed by atoms with Crippen LogP contribution in [-0.4, -0.2) is 18.1 Å². The molecule has 4 heteroatoms. The Kier molecular flexibility index (Phi) is 6.43. The lowest BCUT2D eigenvalue weighted by Gasteiger charge is -2.14. The molecule has 1 aromatic carbocycles. The highest BCUT2D eigenvalue weighted by Crippen LogP contribution is 2.20. The van der Waals surface area contributed by atoms with Gasteiger partial charge in [-0.2, -0.15) is 0 Å². The molecule has 1 N–H and O–H groups in total. The maximum Gasteiger partial charge on any atom is 0.141 e. The molecule has 0 bridgehead atoms. The van der Waals surface area contributed by atoms with E-state index in [1.807, 2.05) is 6.92 Å². The van der Waals surface area contributed by atoms with Gasteiger partial charge in [-0.3, -0.25) is 0 Å². The summed E-state index contributed by atoms with van der Waals surface area (Å²) in [6.45, 7) is 2.89. The first-order valence-corrected chi connectivity index (χ1v) is 6.88. The smallest absolute Gasteiger partial charge is 0.141 e. The van der Waals surface area contributed by atoms with E-state index in [0.717, 1.165) is 23.6 Å². The van der Waals surface area contributed by atoms with Gasteiger partial charge in [0.05, 0.1) is 10.8 Å². The van der Waals surface area contributed by atoms with E-state index in [-0.39, 0.29) is 16.9 Å². The van der Waals surface area contributed by atoms with Crippen LogP contribution in [0.15, 0.2) is 18.2 Å². The Morgan fingerprint density at radius 1 is 1.59 bits per heavy atom. The minimum absolute atomic E-state index is 0.152. The van der Waals surface area contributed by atoms with Gasteiger partial charge >= 0.3 is 0 Å². The number of thioether (sulfide) groups is 1. The molecule has 1 rings (SSSR count). The Bertz CT molecular complexity index is 403. The van der Waals surface area contributed by atoms with Gasteiger partial charge < -0.3 is 5.32 Å². The van der Waals surface area contributed by atoms with Crippen molar-refractivity contribution in [3.8, 4) is 12.3 Å². The lowest BCUT2D eigenvalue weighted by molar-refractivity contribution is 0.594. The van der Waals surface area contributed by atoms with Gasteiger partial charge in [-0.1, -0.05) is 23.6 Å². The molecular weight excluding hydrogens is 257 g/mol. The molecule has 0 heterocycles. The second kappa shape index (κ2) is 7.60. The third-order valence-corrected chi connectivity index (χ3v) is 3.48. The number of terminal acetylenes is 1. The number of halogens is 2. The van der Waals surface area contributed by atoms with Gasteiger partial charge in [0.2, 0.25) is 0 Å². The van der Waals surface area contributed by atoms with Crippen molar-refractivity contribution >= 4 is 23.4 Å². The summed E-state index contributed by atoms with van der Waals surface area (Å²) in [5.41, 5.74) is 0.985. The third kappa shape index (κ3) is 4.99. The molecule has 1 aromatic rings. The minimum atomic E-state index is -0.382. The molecule has 0 saturated carbocycles. The molecule has 0 saturated heterocycles. The monoisotopic (exact) mass is 271 g/mol. The highest BCUT2D eigenvalue weighted by molar-refractivity contribution is 7.99. The number of nitrogens with one attached hydrogen (secondary N) is 1. The first kappa shape index (κ1) is 14.4. The van der Waals surface area contributed by atoms with E-state index in [2.05, 4.69) is 11.2 Å². The molecule has 0 aliphatic carbocycles. The fourth-order valence-corrected chi connectivity index (χ4v) is 2.09. The Labute approximate surface area is 111 Å². The average Bonchev–Trinajstić information content (AvgIpc) is 2.32. The summed E-state index contributed by atoms with van der Waals surface area (Å²) in [5.74, 6) is 3.89. The van der Waals surface area contributed by atoms with Crippen LogP contribution in [0.1, 0.15) is 18.5 Å². The van der Waals surface area contributed by atoms with Crippen LogP contribution < -0.4 is 5.32 Å². The van der Waals surface area contributed by atoms with E-state index in [9.17, 15) is 4.39 Å². The maximum atomic E-state index is 13.0. The van der Waals surface area contributed by atoms with Gasteiger partial charge in [0.25, 0.3) is 0 Å². The molecule has 92 valence electrons. The summed E-state index contributed by atoms with van der Waals surface area (Å²) in [4.78, 5) is 0. The minimum Gasteiger partial charge on any atom is -0.309 e. The SMILES string of the molecule is C#CCSCCNC(C)c1ccc(F)c(Cl)c1. The van der Waals surface area contributed by atoms with Crippen LogP contribution in [0, 0.1) is 18.2 Å². The van der Waals surface area contributed by atoms with E-state index >= 15 is 0 Å². The predicted octanol–water partition coefficient (Wildman–Crippen LogP) is 3.50. The van der Waals surface area contributed by atoms with Crippen molar-refractivity contribution in [3.05, 3.63) is 34.6 Å². The number of hydrogen-bond donors (Lipinski definition) is 1. The predicted molar refractivity (Wildman–Crippen MR) is 74.0 cm³/mol. The molecule has 17 heavy (non-hydrogen) atoms. The summed E-state index contributed by atoms with van der Waals surface area (Å²) < 4.78 is 13.0. The lowest BCUT2D eigenvalue weighted by Crippen LogP contribution is -2.21. The second-order valence-corrected chi connectivity index (χ2v) is 5.12. The van der Waals surface area contributed by atoms with Crippen LogP contribution in [0.4, 0.5) is 4.39 Å². The quantitative estimate of drug-likeness (QED) is 0.628. The van der Waals surface area contributed by atoms with Gasteiger partial charge in [0, 0.05) is 18.3 Å². The Hall–Kier alpha value is -0.690. The summed E-state index contributed by atoms with van der Waals surface area (Å²) >= 11 is 7.44. The van der Waals surface area contributed by atoms with E-state index in [4.69, 9.17) is 18.0 Å². The van der Waals surface area contributed by atoms with Crippen molar-refractivity contribution in [1.82, 2.24) is 5.32 Å². The number of hydrogen-bond acceptors (Lipinski definition) is 2. The van der Waals surface area contributed by atoms with Gasteiger partial charge in [-0.15, -0.1) is 18.2 Å². The fraction of sp³-hybridized carbons (Fsp3) is 0.385. The van der Waals surface area contributed by atoms with E-state index in [1.165, 1.54) is 6.07 Å². The topological polar surface area (TPSA) is 12.0 Å².